The highest BCUT2D eigenvalue weighted by Crippen LogP contribution is 2.37. The maximum atomic E-state index is 6.23. The second kappa shape index (κ2) is 4.36. The number of aromatic amines is 1. The highest BCUT2D eigenvalue weighted by atomic mass is 35.5. The lowest BCUT2D eigenvalue weighted by molar-refractivity contribution is 0.318. The predicted molar refractivity (Wildman–Crippen MR) is 82.2 cm³/mol. The largest absolute Gasteiger partial charge is 0.491 e. The Morgan fingerprint density at radius 3 is 2.95 bits per heavy atom. The molecule has 1 atom stereocenters. The maximum Gasteiger partial charge on any atom is 0.178 e. The van der Waals surface area contributed by atoms with E-state index >= 15 is 0 Å². The fourth-order valence-electron chi connectivity index (χ4n) is 2.78. The number of nitrogens with one attached hydrogen (secondary N) is 1. The Labute approximate surface area is 125 Å². The van der Waals surface area contributed by atoms with Gasteiger partial charge in [-0.25, -0.2) is 0 Å². The van der Waals surface area contributed by atoms with Crippen molar-refractivity contribution >= 4 is 34.9 Å². The molecule has 0 bridgehead atoms. The molecule has 3 aromatic rings. The number of hydrogen-bond acceptors (Lipinski definition) is 2. The SMILES string of the molecule is S=c1[nH]c2c(Cl)cccc2n1C1COc2ccccc21. The van der Waals surface area contributed by atoms with Gasteiger partial charge in [-0.3, -0.25) is 0 Å². The van der Waals surface area contributed by atoms with Crippen molar-refractivity contribution in [3.63, 3.8) is 0 Å². The summed E-state index contributed by atoms with van der Waals surface area (Å²) >= 11 is 11.7. The molecule has 0 radical (unpaired) electrons. The van der Waals surface area contributed by atoms with E-state index in [-0.39, 0.29) is 6.04 Å². The Bertz CT molecular complexity index is 868. The van der Waals surface area contributed by atoms with Crippen LogP contribution in [0.1, 0.15) is 11.6 Å². The standard InChI is InChI=1S/C15H11ClN2OS/c16-10-5-3-6-11-14(10)17-15(20)18(11)12-8-19-13-7-2-1-4-9(12)13/h1-7,12H,8H2,(H,17,20). The second-order valence-electron chi connectivity index (χ2n) is 4.80. The molecule has 1 N–H and O–H groups in total. The Balaban J connectivity index is 1.99. The summed E-state index contributed by atoms with van der Waals surface area (Å²) in [6.45, 7) is 0.590. The van der Waals surface area contributed by atoms with Crippen LogP contribution in [0.5, 0.6) is 5.75 Å². The third kappa shape index (κ3) is 1.62. The number of benzene rings is 2. The van der Waals surface area contributed by atoms with Gasteiger partial charge in [0.1, 0.15) is 12.4 Å². The fourth-order valence-corrected chi connectivity index (χ4v) is 3.33. The number of imidazole rings is 1. The van der Waals surface area contributed by atoms with E-state index in [1.165, 1.54) is 0 Å². The first kappa shape index (κ1) is 12.0. The number of para-hydroxylation sites is 2. The van der Waals surface area contributed by atoms with Gasteiger partial charge in [0, 0.05) is 5.56 Å². The predicted octanol–water partition coefficient (Wildman–Crippen LogP) is 4.33. The van der Waals surface area contributed by atoms with E-state index in [1.54, 1.807) is 0 Å². The van der Waals surface area contributed by atoms with E-state index in [0.29, 0.717) is 16.4 Å². The van der Waals surface area contributed by atoms with Gasteiger partial charge >= 0.3 is 0 Å². The van der Waals surface area contributed by atoms with E-state index in [0.717, 1.165) is 22.3 Å². The molecule has 0 fully saturated rings. The molecular weight excluding hydrogens is 292 g/mol. The van der Waals surface area contributed by atoms with Crippen LogP contribution in [0.15, 0.2) is 42.5 Å². The first-order chi connectivity index (χ1) is 9.75. The van der Waals surface area contributed by atoms with Crippen molar-refractivity contribution in [2.24, 2.45) is 0 Å². The Morgan fingerprint density at radius 1 is 1.20 bits per heavy atom. The van der Waals surface area contributed by atoms with Crippen molar-refractivity contribution in [1.82, 2.24) is 9.55 Å². The molecule has 1 unspecified atom stereocenters. The quantitative estimate of drug-likeness (QED) is 0.678. The zero-order chi connectivity index (χ0) is 13.7. The molecule has 2 aromatic carbocycles. The molecule has 1 aliphatic heterocycles. The van der Waals surface area contributed by atoms with Crippen LogP contribution in [0.25, 0.3) is 11.0 Å². The molecule has 100 valence electrons. The number of fused-ring (bicyclic) bond motifs is 2. The number of ether oxygens (including phenoxy) is 1. The molecular formula is C15H11ClN2OS. The number of aromatic nitrogens is 2. The summed E-state index contributed by atoms with van der Waals surface area (Å²) in [6, 6.07) is 14.0. The average Bonchev–Trinajstić information content (AvgIpc) is 3.00. The molecule has 0 saturated carbocycles. The first-order valence-electron chi connectivity index (χ1n) is 6.36. The minimum Gasteiger partial charge on any atom is -0.491 e. The van der Waals surface area contributed by atoms with Crippen molar-refractivity contribution in [1.29, 1.82) is 0 Å². The van der Waals surface area contributed by atoms with Crippen molar-refractivity contribution < 1.29 is 4.74 Å². The number of halogens is 1. The Morgan fingerprint density at radius 2 is 2.05 bits per heavy atom. The fraction of sp³-hybridized carbons (Fsp3) is 0.133. The van der Waals surface area contributed by atoms with Gasteiger partial charge in [-0.1, -0.05) is 35.9 Å². The van der Waals surface area contributed by atoms with Gasteiger partial charge in [-0.05, 0) is 30.4 Å². The maximum absolute atomic E-state index is 6.23. The van der Waals surface area contributed by atoms with Crippen molar-refractivity contribution in [3.05, 3.63) is 57.8 Å². The van der Waals surface area contributed by atoms with Gasteiger partial charge in [0.25, 0.3) is 0 Å². The molecule has 0 amide bonds. The van der Waals surface area contributed by atoms with Crippen molar-refractivity contribution in [2.75, 3.05) is 6.61 Å². The van der Waals surface area contributed by atoms with Crippen molar-refractivity contribution in [2.45, 2.75) is 6.04 Å². The van der Waals surface area contributed by atoms with Gasteiger partial charge in [0.2, 0.25) is 0 Å². The minimum absolute atomic E-state index is 0.0888. The van der Waals surface area contributed by atoms with Crippen LogP contribution in [-0.2, 0) is 0 Å². The highest BCUT2D eigenvalue weighted by molar-refractivity contribution is 7.71. The van der Waals surface area contributed by atoms with E-state index in [2.05, 4.69) is 15.6 Å². The van der Waals surface area contributed by atoms with Gasteiger partial charge in [-0.2, -0.15) is 0 Å². The van der Waals surface area contributed by atoms with Crippen LogP contribution in [0, 0.1) is 4.77 Å². The third-order valence-electron chi connectivity index (χ3n) is 3.69. The molecule has 0 spiro atoms. The van der Waals surface area contributed by atoms with E-state index in [1.807, 2.05) is 36.4 Å². The molecule has 5 heteroatoms. The van der Waals surface area contributed by atoms with Crippen LogP contribution in [0.3, 0.4) is 0 Å². The van der Waals surface area contributed by atoms with Crippen LogP contribution in [0.4, 0.5) is 0 Å². The molecule has 4 rings (SSSR count). The van der Waals surface area contributed by atoms with Crippen molar-refractivity contribution in [3.8, 4) is 5.75 Å². The third-order valence-corrected chi connectivity index (χ3v) is 4.30. The Kier molecular flexibility index (Phi) is 2.62. The van der Waals surface area contributed by atoms with E-state index in [9.17, 15) is 0 Å². The van der Waals surface area contributed by atoms with Crippen LogP contribution < -0.4 is 4.74 Å². The van der Waals surface area contributed by atoms with Gasteiger partial charge < -0.3 is 14.3 Å². The van der Waals surface area contributed by atoms with Crippen LogP contribution in [-0.4, -0.2) is 16.2 Å². The summed E-state index contributed by atoms with van der Waals surface area (Å²) in [5, 5.41) is 0.680. The zero-order valence-electron chi connectivity index (χ0n) is 10.5. The molecule has 1 aliphatic rings. The summed E-state index contributed by atoms with van der Waals surface area (Å²) in [6.07, 6.45) is 0. The lowest BCUT2D eigenvalue weighted by atomic mass is 10.1. The molecule has 20 heavy (non-hydrogen) atoms. The number of H-pyrrole nitrogens is 1. The second-order valence-corrected chi connectivity index (χ2v) is 5.59. The van der Waals surface area contributed by atoms with Crippen LogP contribution >= 0.6 is 23.8 Å². The molecule has 1 aromatic heterocycles. The summed E-state index contributed by atoms with van der Waals surface area (Å²) in [5.41, 5.74) is 3.04. The van der Waals surface area contributed by atoms with Gasteiger partial charge in [0.15, 0.2) is 4.77 Å². The van der Waals surface area contributed by atoms with E-state index < -0.39 is 0 Å². The Hall–Kier alpha value is -1.78. The monoisotopic (exact) mass is 302 g/mol. The zero-order valence-corrected chi connectivity index (χ0v) is 12.0. The normalized spacial score (nSPS) is 17.1. The lowest BCUT2D eigenvalue weighted by Crippen LogP contribution is -2.12. The first-order valence-corrected chi connectivity index (χ1v) is 7.15. The molecule has 2 heterocycles. The summed E-state index contributed by atoms with van der Waals surface area (Å²) in [7, 11) is 0. The van der Waals surface area contributed by atoms with Gasteiger partial charge in [0.05, 0.1) is 22.1 Å². The topological polar surface area (TPSA) is 29.9 Å². The minimum atomic E-state index is 0.0888. The molecule has 0 saturated heterocycles. The summed E-state index contributed by atoms with van der Waals surface area (Å²) in [4.78, 5) is 3.19. The number of rotatable bonds is 1. The van der Waals surface area contributed by atoms with Crippen LogP contribution in [0.2, 0.25) is 5.02 Å². The average molecular weight is 303 g/mol. The summed E-state index contributed by atoms with van der Waals surface area (Å²) < 4.78 is 8.51. The summed E-state index contributed by atoms with van der Waals surface area (Å²) in [5.74, 6) is 0.927. The molecule has 3 nitrogen and oxygen atoms in total. The number of nitrogens with zero attached hydrogens (tertiary/aromatic N) is 1. The molecule has 0 aliphatic carbocycles. The van der Waals surface area contributed by atoms with Gasteiger partial charge in [-0.15, -0.1) is 0 Å². The van der Waals surface area contributed by atoms with E-state index in [4.69, 9.17) is 28.6 Å². The highest BCUT2D eigenvalue weighted by Gasteiger charge is 2.27. The number of hydrogen-bond donors (Lipinski definition) is 1. The lowest BCUT2D eigenvalue weighted by Gasteiger charge is -2.12. The smallest absolute Gasteiger partial charge is 0.178 e.